The van der Waals surface area contributed by atoms with Gasteiger partial charge in [0.05, 0.1) is 11.6 Å². The third kappa shape index (κ3) is 2.81. The lowest BCUT2D eigenvalue weighted by atomic mass is 9.93. The first-order valence-electron chi connectivity index (χ1n) is 7.48. The molecule has 0 aromatic carbocycles. The lowest BCUT2D eigenvalue weighted by Crippen LogP contribution is -2.43. The van der Waals surface area contributed by atoms with Crippen molar-refractivity contribution in [1.29, 1.82) is 0 Å². The first kappa shape index (κ1) is 14.1. The molecule has 0 fully saturated rings. The lowest BCUT2D eigenvalue weighted by Gasteiger charge is -2.35. The third-order valence-electron chi connectivity index (χ3n) is 3.89. The van der Waals surface area contributed by atoms with Crippen LogP contribution in [0.3, 0.4) is 0 Å². The van der Waals surface area contributed by atoms with E-state index in [0.717, 1.165) is 25.7 Å². The number of nitrogens with zero attached hydrogens (tertiary/aromatic N) is 2. The van der Waals surface area contributed by atoms with Gasteiger partial charge in [-0.05, 0) is 57.4 Å². The number of rotatable bonds is 3. The Morgan fingerprint density at radius 1 is 1.38 bits per heavy atom. The second kappa shape index (κ2) is 5.19. The average Bonchev–Trinajstić information content (AvgIpc) is 2.81. The number of hydrogen-bond acceptors (Lipinski definition) is 2. The zero-order valence-electron chi connectivity index (χ0n) is 12.9. The van der Waals surface area contributed by atoms with Crippen molar-refractivity contribution in [2.24, 2.45) is 0 Å². The molecule has 1 aliphatic rings. The fourth-order valence-corrected chi connectivity index (χ4v) is 3.05. The summed E-state index contributed by atoms with van der Waals surface area (Å²) in [6.07, 6.45) is 5.67. The van der Waals surface area contributed by atoms with E-state index in [1.807, 2.05) is 26.8 Å². The van der Waals surface area contributed by atoms with Crippen LogP contribution in [0, 0.1) is 0 Å². The minimum absolute atomic E-state index is 0.104. The minimum atomic E-state index is -0.359. The van der Waals surface area contributed by atoms with Crippen LogP contribution in [0.25, 0.3) is 5.52 Å². The summed E-state index contributed by atoms with van der Waals surface area (Å²) in [6, 6.07) is 8.57. The maximum atomic E-state index is 11.4. The Hall–Kier alpha value is -1.81. The highest BCUT2D eigenvalue weighted by Gasteiger charge is 2.29. The van der Waals surface area contributed by atoms with Crippen LogP contribution >= 0.6 is 0 Å². The fraction of sp³-hybridized carbons (Fsp3) is 0.471. The highest BCUT2D eigenvalue weighted by atomic mass is 16.7. The van der Waals surface area contributed by atoms with Crippen LogP contribution in [0.15, 0.2) is 30.5 Å². The summed E-state index contributed by atoms with van der Waals surface area (Å²) < 4.78 is 2.22. The van der Waals surface area contributed by atoms with Crippen LogP contribution < -0.4 is 0 Å². The quantitative estimate of drug-likeness (QED) is 0.642. The monoisotopic (exact) mass is 286 g/mol. The SMILES string of the molecule is CC(C)(C)ON(C=O)C1CCc2cc3ccccn3c2C1. The Balaban J connectivity index is 1.87. The molecule has 0 N–H and O–H groups in total. The second-order valence-electron chi connectivity index (χ2n) is 6.68. The molecular weight excluding hydrogens is 264 g/mol. The van der Waals surface area contributed by atoms with Gasteiger partial charge in [0, 0.05) is 23.8 Å². The molecule has 0 saturated heterocycles. The Morgan fingerprint density at radius 3 is 2.90 bits per heavy atom. The lowest BCUT2D eigenvalue weighted by molar-refractivity contribution is -0.233. The summed E-state index contributed by atoms with van der Waals surface area (Å²) in [4.78, 5) is 17.2. The number of hydroxylamine groups is 2. The van der Waals surface area contributed by atoms with Crippen molar-refractivity contribution in [3.8, 4) is 0 Å². The van der Waals surface area contributed by atoms with Gasteiger partial charge in [-0.2, -0.15) is 0 Å². The molecule has 0 spiro atoms. The number of aromatic nitrogens is 1. The second-order valence-corrected chi connectivity index (χ2v) is 6.68. The van der Waals surface area contributed by atoms with E-state index in [1.165, 1.54) is 21.8 Å². The number of fused-ring (bicyclic) bond motifs is 3. The smallest absolute Gasteiger partial charge is 0.233 e. The van der Waals surface area contributed by atoms with Gasteiger partial charge in [-0.15, -0.1) is 0 Å². The summed E-state index contributed by atoms with van der Waals surface area (Å²) in [5.41, 5.74) is 3.55. The summed E-state index contributed by atoms with van der Waals surface area (Å²) in [5, 5.41) is 1.51. The Bertz CT molecular complexity index is 654. The molecule has 2 aromatic rings. The predicted octanol–water partition coefficient (Wildman–Crippen LogP) is 2.99. The van der Waals surface area contributed by atoms with Crippen molar-refractivity contribution in [1.82, 2.24) is 9.46 Å². The van der Waals surface area contributed by atoms with Gasteiger partial charge >= 0.3 is 0 Å². The van der Waals surface area contributed by atoms with Crippen molar-refractivity contribution < 1.29 is 9.63 Å². The molecule has 0 aliphatic heterocycles. The van der Waals surface area contributed by atoms with Crippen LogP contribution in [0.2, 0.25) is 0 Å². The van der Waals surface area contributed by atoms with Crippen molar-refractivity contribution in [3.63, 3.8) is 0 Å². The van der Waals surface area contributed by atoms with Crippen molar-refractivity contribution in [3.05, 3.63) is 41.7 Å². The van der Waals surface area contributed by atoms with Gasteiger partial charge in [0.2, 0.25) is 6.41 Å². The van der Waals surface area contributed by atoms with E-state index < -0.39 is 0 Å². The maximum absolute atomic E-state index is 11.4. The van der Waals surface area contributed by atoms with E-state index in [9.17, 15) is 4.79 Å². The van der Waals surface area contributed by atoms with Gasteiger partial charge in [-0.1, -0.05) is 6.07 Å². The molecule has 112 valence electrons. The van der Waals surface area contributed by atoms with Crippen molar-refractivity contribution in [2.45, 2.75) is 51.7 Å². The number of carbonyl (C=O) groups is 1. The molecule has 21 heavy (non-hydrogen) atoms. The summed E-state index contributed by atoms with van der Waals surface area (Å²) in [5.74, 6) is 0. The molecule has 0 saturated carbocycles. The van der Waals surface area contributed by atoms with E-state index in [1.54, 1.807) is 0 Å². The highest BCUT2D eigenvalue weighted by Crippen LogP contribution is 2.28. The summed E-state index contributed by atoms with van der Waals surface area (Å²) in [6.45, 7) is 5.89. The first-order valence-corrected chi connectivity index (χ1v) is 7.48. The largest absolute Gasteiger partial charge is 0.321 e. The van der Waals surface area contributed by atoms with Crippen LogP contribution in [0.4, 0.5) is 0 Å². The Morgan fingerprint density at radius 2 is 2.19 bits per heavy atom. The molecule has 0 bridgehead atoms. The minimum Gasteiger partial charge on any atom is -0.321 e. The molecule has 1 amide bonds. The molecule has 4 nitrogen and oxygen atoms in total. The molecule has 1 unspecified atom stereocenters. The Labute approximate surface area is 125 Å². The molecule has 1 atom stereocenters. The van der Waals surface area contributed by atoms with E-state index in [2.05, 4.69) is 28.8 Å². The van der Waals surface area contributed by atoms with E-state index in [-0.39, 0.29) is 11.6 Å². The normalized spacial score (nSPS) is 18.5. The maximum Gasteiger partial charge on any atom is 0.233 e. The zero-order chi connectivity index (χ0) is 15.0. The Kier molecular flexibility index (Phi) is 3.49. The van der Waals surface area contributed by atoms with Crippen LogP contribution in [-0.4, -0.2) is 27.5 Å². The number of aryl methyl sites for hydroxylation is 1. The highest BCUT2D eigenvalue weighted by molar-refractivity contribution is 5.54. The molecule has 1 aliphatic carbocycles. The molecular formula is C17H22N2O2. The van der Waals surface area contributed by atoms with Gasteiger partial charge in [0.1, 0.15) is 0 Å². The summed E-state index contributed by atoms with van der Waals surface area (Å²) >= 11 is 0. The zero-order valence-corrected chi connectivity index (χ0v) is 12.9. The standard InChI is InChI=1S/C17H22N2O2/c1-17(2,3)21-19(12-20)15-8-7-13-10-14-6-4-5-9-18(14)16(13)11-15/h4-6,9-10,12,15H,7-8,11H2,1-3H3. The van der Waals surface area contributed by atoms with E-state index in [4.69, 9.17) is 4.84 Å². The average molecular weight is 286 g/mol. The molecule has 3 rings (SSSR count). The van der Waals surface area contributed by atoms with Gasteiger partial charge < -0.3 is 4.40 Å². The topological polar surface area (TPSA) is 34.0 Å². The van der Waals surface area contributed by atoms with Gasteiger partial charge in [0.25, 0.3) is 0 Å². The van der Waals surface area contributed by atoms with E-state index >= 15 is 0 Å². The van der Waals surface area contributed by atoms with Crippen molar-refractivity contribution in [2.75, 3.05) is 0 Å². The molecule has 4 heteroatoms. The molecule has 2 aromatic heterocycles. The number of carbonyl (C=O) groups excluding carboxylic acids is 1. The number of hydrogen-bond donors (Lipinski definition) is 0. The van der Waals surface area contributed by atoms with Crippen molar-refractivity contribution >= 4 is 11.9 Å². The van der Waals surface area contributed by atoms with Crippen LogP contribution in [0.5, 0.6) is 0 Å². The third-order valence-corrected chi connectivity index (χ3v) is 3.89. The van der Waals surface area contributed by atoms with Gasteiger partial charge in [-0.25, -0.2) is 5.06 Å². The predicted molar refractivity (Wildman–Crippen MR) is 82.0 cm³/mol. The first-order chi connectivity index (χ1) is 9.98. The fourth-order valence-electron chi connectivity index (χ4n) is 3.05. The summed E-state index contributed by atoms with van der Waals surface area (Å²) in [7, 11) is 0. The van der Waals surface area contributed by atoms with E-state index in [0.29, 0.717) is 0 Å². The molecule has 0 radical (unpaired) electrons. The van der Waals surface area contributed by atoms with Gasteiger partial charge in [-0.3, -0.25) is 9.63 Å². The van der Waals surface area contributed by atoms with Gasteiger partial charge in [0.15, 0.2) is 0 Å². The molecule has 2 heterocycles. The van der Waals surface area contributed by atoms with Crippen LogP contribution in [-0.2, 0) is 22.5 Å². The van der Waals surface area contributed by atoms with Crippen LogP contribution in [0.1, 0.15) is 38.4 Å². The number of pyridine rings is 1. The number of amides is 1.